The molecule has 16 heteroatoms. The summed E-state index contributed by atoms with van der Waals surface area (Å²) in [5.74, 6) is 0.0244. The van der Waals surface area contributed by atoms with E-state index in [9.17, 15) is 31.1 Å². The van der Waals surface area contributed by atoms with Gasteiger partial charge in [-0.2, -0.15) is 50.6 Å². The van der Waals surface area contributed by atoms with Gasteiger partial charge in [0.15, 0.2) is 11.3 Å². The molecule has 2 aromatic carbocycles. The molecular formula is C30H20F6N6O4. The van der Waals surface area contributed by atoms with E-state index in [1.165, 1.54) is 48.7 Å². The molecule has 0 spiro atoms. The molecule has 0 saturated heterocycles. The van der Waals surface area contributed by atoms with Crippen molar-refractivity contribution >= 4 is 23.9 Å². The van der Waals surface area contributed by atoms with Gasteiger partial charge in [0.25, 0.3) is 6.47 Å². The number of rotatable bonds is 5. The fourth-order valence-electron chi connectivity index (χ4n) is 4.34. The lowest BCUT2D eigenvalue weighted by atomic mass is 10.0. The first-order valence-corrected chi connectivity index (χ1v) is 13.0. The van der Waals surface area contributed by atoms with Crippen molar-refractivity contribution in [2.75, 3.05) is 0 Å². The molecule has 46 heavy (non-hydrogen) atoms. The molecule has 0 radical (unpaired) electrons. The van der Waals surface area contributed by atoms with Crippen LogP contribution in [-0.2, 0) is 33.2 Å². The summed E-state index contributed by atoms with van der Waals surface area (Å²) in [5, 5.41) is 8.37. The van der Waals surface area contributed by atoms with Gasteiger partial charge in [-0.3, -0.25) is 4.79 Å². The molecule has 0 N–H and O–H groups in total. The fraction of sp³-hybridized carbons (Fsp3) is 0.133. The summed E-state index contributed by atoms with van der Waals surface area (Å²) in [6, 6.07) is 16.7. The molecule has 0 bridgehead atoms. The molecule has 4 aromatic heterocycles. The number of imidazole rings is 2. The Morgan fingerprint density at radius 2 is 1.17 bits per heavy atom. The molecule has 10 nitrogen and oxygen atoms in total. The molecule has 0 aliphatic heterocycles. The number of carbonyl (C=O) groups is 1. The molecule has 0 aliphatic rings. The van der Waals surface area contributed by atoms with Gasteiger partial charge >= 0.3 is 18.5 Å². The third-order valence-electron chi connectivity index (χ3n) is 6.31. The highest BCUT2D eigenvalue weighted by Crippen LogP contribution is 2.37. The average molecular weight is 643 g/mol. The Morgan fingerprint density at radius 1 is 0.717 bits per heavy atom. The van der Waals surface area contributed by atoms with Gasteiger partial charge in [0, 0.05) is 11.1 Å². The standard InChI is InChI=1S/C15H12F3N3.C14H8F3N3O2.CO2/c1-2-10-9-19-14-8-7-13(20-21(10)14)11-5-3-4-6-12(11)15(16,17)18;15-14(16,17)10-4-2-1-3-9(10)11-5-6-12-18-7-13(22-8-21)20(12)19-11;2-1-3/h3-9H,2H2,1H3;1-8H;. The van der Waals surface area contributed by atoms with Crippen LogP contribution in [0.3, 0.4) is 0 Å². The number of hydrogen-bond acceptors (Lipinski definition) is 8. The zero-order chi connectivity index (χ0) is 33.5. The minimum Gasteiger partial charge on any atom is -0.408 e. The Kier molecular flexibility index (Phi) is 9.92. The van der Waals surface area contributed by atoms with E-state index in [0.717, 1.165) is 22.3 Å². The van der Waals surface area contributed by atoms with E-state index >= 15 is 0 Å². The monoisotopic (exact) mass is 642 g/mol. The van der Waals surface area contributed by atoms with Crippen molar-refractivity contribution in [2.24, 2.45) is 0 Å². The van der Waals surface area contributed by atoms with Crippen molar-refractivity contribution in [3.63, 3.8) is 0 Å². The number of fused-ring (bicyclic) bond motifs is 2. The van der Waals surface area contributed by atoms with Gasteiger partial charge in [-0.15, -0.1) is 0 Å². The second kappa shape index (κ2) is 13.8. The van der Waals surface area contributed by atoms with Crippen molar-refractivity contribution in [3.8, 4) is 28.4 Å². The molecule has 0 saturated carbocycles. The third kappa shape index (κ3) is 7.25. The first-order valence-electron chi connectivity index (χ1n) is 13.0. The van der Waals surface area contributed by atoms with Crippen LogP contribution in [0.25, 0.3) is 33.8 Å². The predicted octanol–water partition coefficient (Wildman–Crippen LogP) is 6.34. The van der Waals surface area contributed by atoms with Crippen LogP contribution < -0.4 is 4.74 Å². The number of nitrogens with zero attached hydrogens (tertiary/aromatic N) is 6. The number of ether oxygens (including phenoxy) is 1. The molecule has 236 valence electrons. The lowest BCUT2D eigenvalue weighted by molar-refractivity contribution is -0.191. The second-order valence-electron chi connectivity index (χ2n) is 9.06. The fourth-order valence-corrected chi connectivity index (χ4v) is 4.34. The van der Waals surface area contributed by atoms with E-state index in [0.29, 0.717) is 17.7 Å². The van der Waals surface area contributed by atoms with Crippen molar-refractivity contribution in [3.05, 3.63) is 102 Å². The van der Waals surface area contributed by atoms with Gasteiger partial charge < -0.3 is 4.74 Å². The zero-order valence-electron chi connectivity index (χ0n) is 23.5. The summed E-state index contributed by atoms with van der Waals surface area (Å²) in [4.78, 5) is 34.8. The molecular weight excluding hydrogens is 622 g/mol. The predicted molar refractivity (Wildman–Crippen MR) is 148 cm³/mol. The lowest BCUT2D eigenvalue weighted by Gasteiger charge is -2.12. The second-order valence-corrected chi connectivity index (χ2v) is 9.06. The molecule has 6 rings (SSSR count). The topological polar surface area (TPSA) is 121 Å². The summed E-state index contributed by atoms with van der Waals surface area (Å²) in [6.45, 7) is 2.14. The summed E-state index contributed by atoms with van der Waals surface area (Å²) in [5.41, 5.74) is 0.735. The minimum absolute atomic E-state index is 0.0244. The largest absolute Gasteiger partial charge is 0.417 e. The minimum atomic E-state index is -4.50. The van der Waals surface area contributed by atoms with E-state index in [2.05, 4.69) is 24.9 Å². The van der Waals surface area contributed by atoms with Crippen LogP contribution in [0.15, 0.2) is 85.2 Å². The van der Waals surface area contributed by atoms with Gasteiger partial charge in [0.2, 0.25) is 5.88 Å². The highest BCUT2D eigenvalue weighted by atomic mass is 19.4. The summed E-state index contributed by atoms with van der Waals surface area (Å²) < 4.78 is 85.9. The van der Waals surface area contributed by atoms with Crippen LogP contribution in [0.4, 0.5) is 26.3 Å². The van der Waals surface area contributed by atoms with Crippen LogP contribution in [0.2, 0.25) is 0 Å². The summed E-state index contributed by atoms with van der Waals surface area (Å²) in [7, 11) is 0. The van der Waals surface area contributed by atoms with Crippen LogP contribution in [0, 0.1) is 0 Å². The average Bonchev–Trinajstić information content (AvgIpc) is 3.64. The van der Waals surface area contributed by atoms with E-state index in [4.69, 9.17) is 9.59 Å². The Labute approximate surface area is 254 Å². The van der Waals surface area contributed by atoms with Gasteiger partial charge in [0.1, 0.15) is 0 Å². The van der Waals surface area contributed by atoms with Gasteiger partial charge in [-0.1, -0.05) is 43.3 Å². The lowest BCUT2D eigenvalue weighted by Crippen LogP contribution is -2.08. The van der Waals surface area contributed by atoms with Crippen molar-refractivity contribution in [1.29, 1.82) is 0 Å². The Bertz CT molecular complexity index is 2010. The van der Waals surface area contributed by atoms with Crippen molar-refractivity contribution in [1.82, 2.24) is 29.2 Å². The quantitative estimate of drug-likeness (QED) is 0.158. The molecule has 6 aromatic rings. The molecule has 0 atom stereocenters. The van der Waals surface area contributed by atoms with Gasteiger partial charge in [-0.25, -0.2) is 14.5 Å². The zero-order valence-corrected chi connectivity index (χ0v) is 23.5. The van der Waals surface area contributed by atoms with Crippen LogP contribution in [-0.4, -0.2) is 41.8 Å². The maximum absolute atomic E-state index is 13.1. The van der Waals surface area contributed by atoms with E-state index < -0.39 is 23.5 Å². The van der Waals surface area contributed by atoms with Crippen LogP contribution >= 0.6 is 0 Å². The molecule has 0 unspecified atom stereocenters. The number of benzene rings is 2. The SMILES string of the molecule is CCc1cnc2ccc(-c3ccccc3C(F)(F)F)nn12.O=C=O.O=COc1cnc2ccc(-c3ccccc3C(F)(F)F)nn12. The molecule has 0 aliphatic carbocycles. The molecule has 0 fully saturated rings. The van der Waals surface area contributed by atoms with E-state index in [1.54, 1.807) is 28.9 Å². The first-order chi connectivity index (χ1) is 21.9. The smallest absolute Gasteiger partial charge is 0.408 e. The van der Waals surface area contributed by atoms with Gasteiger partial charge in [-0.05, 0) is 42.8 Å². The Hall–Kier alpha value is -5.89. The maximum atomic E-state index is 13.1. The molecule has 0 amide bonds. The Balaban J connectivity index is 0.000000193. The van der Waals surface area contributed by atoms with E-state index in [1.807, 2.05) is 6.92 Å². The summed E-state index contributed by atoms with van der Waals surface area (Å²) in [6.07, 6.45) is -5.00. The highest BCUT2D eigenvalue weighted by Gasteiger charge is 2.34. The first kappa shape index (κ1) is 33.0. The van der Waals surface area contributed by atoms with Crippen LogP contribution in [0.1, 0.15) is 23.7 Å². The summed E-state index contributed by atoms with van der Waals surface area (Å²) >= 11 is 0. The van der Waals surface area contributed by atoms with Crippen molar-refractivity contribution in [2.45, 2.75) is 25.7 Å². The Morgan fingerprint density at radius 3 is 1.65 bits per heavy atom. The number of hydrogen-bond donors (Lipinski definition) is 0. The number of aromatic nitrogens is 6. The number of carbonyl (C=O) groups excluding carboxylic acids is 3. The maximum Gasteiger partial charge on any atom is 0.417 e. The number of aryl methyl sites for hydroxylation is 1. The van der Waals surface area contributed by atoms with Crippen molar-refractivity contribution < 1.29 is 45.5 Å². The van der Waals surface area contributed by atoms with Gasteiger partial charge in [0.05, 0.1) is 40.6 Å². The van der Waals surface area contributed by atoms with E-state index in [-0.39, 0.29) is 41.0 Å². The number of halogens is 6. The highest BCUT2D eigenvalue weighted by molar-refractivity contribution is 5.66. The number of alkyl halides is 6. The normalized spacial score (nSPS) is 11.2. The molecule has 4 heterocycles. The third-order valence-corrected chi connectivity index (χ3v) is 6.31. The van der Waals surface area contributed by atoms with Crippen LogP contribution in [0.5, 0.6) is 5.88 Å².